The zero-order chi connectivity index (χ0) is 16.9. The Morgan fingerprint density at radius 1 is 1.43 bits per heavy atom. The number of amides is 1. The molecule has 0 saturated carbocycles. The lowest BCUT2D eigenvalue weighted by Crippen LogP contribution is -2.33. The van der Waals surface area contributed by atoms with Crippen LogP contribution in [-0.2, 0) is 24.1 Å². The van der Waals surface area contributed by atoms with Gasteiger partial charge in [-0.05, 0) is 44.2 Å². The zero-order valence-electron chi connectivity index (χ0n) is 14.3. The van der Waals surface area contributed by atoms with Crippen LogP contribution in [0.25, 0.3) is 0 Å². The Hall–Kier alpha value is -1.82. The molecule has 2 aromatic heterocycles. The smallest absolute Gasteiger partial charge is 0.407 e. The van der Waals surface area contributed by atoms with Gasteiger partial charge >= 0.3 is 6.09 Å². The van der Waals surface area contributed by atoms with E-state index in [9.17, 15) is 4.79 Å². The standard InChI is InChI=1S/C17H25N3O2S/c1-5-13-7-9-23-15(13)11-20-12-18-10-14(20)6-8-19-16(21)22-17(2,3)4/h7,9-10,12H,5-6,8,11H2,1-4H3,(H,19,21). The fraction of sp³-hybridized carbons (Fsp3) is 0.529. The molecule has 0 aliphatic heterocycles. The number of thiophene rings is 1. The van der Waals surface area contributed by atoms with Crippen molar-refractivity contribution in [3.8, 4) is 0 Å². The highest BCUT2D eigenvalue weighted by Crippen LogP contribution is 2.19. The van der Waals surface area contributed by atoms with Crippen LogP contribution >= 0.6 is 11.3 Å². The van der Waals surface area contributed by atoms with Crippen molar-refractivity contribution >= 4 is 17.4 Å². The van der Waals surface area contributed by atoms with E-state index < -0.39 is 5.60 Å². The summed E-state index contributed by atoms with van der Waals surface area (Å²) >= 11 is 1.78. The Labute approximate surface area is 141 Å². The first-order valence-electron chi connectivity index (χ1n) is 7.90. The molecule has 2 rings (SSSR count). The molecule has 0 aliphatic carbocycles. The van der Waals surface area contributed by atoms with Crippen LogP contribution in [0.15, 0.2) is 24.0 Å². The maximum absolute atomic E-state index is 11.7. The van der Waals surface area contributed by atoms with Crippen LogP contribution in [0, 0.1) is 0 Å². The van der Waals surface area contributed by atoms with E-state index in [0.717, 1.165) is 25.1 Å². The third-order valence-electron chi connectivity index (χ3n) is 3.38. The molecule has 2 aromatic rings. The molecule has 23 heavy (non-hydrogen) atoms. The van der Waals surface area contributed by atoms with Crippen LogP contribution in [-0.4, -0.2) is 27.8 Å². The predicted octanol–water partition coefficient (Wildman–Crippen LogP) is 3.62. The largest absolute Gasteiger partial charge is 0.444 e. The average molecular weight is 335 g/mol. The Balaban J connectivity index is 1.88. The summed E-state index contributed by atoms with van der Waals surface area (Å²) in [7, 11) is 0. The second-order valence-electron chi connectivity index (χ2n) is 6.41. The summed E-state index contributed by atoms with van der Waals surface area (Å²) in [6.07, 6.45) is 5.10. The van der Waals surface area contributed by atoms with Gasteiger partial charge in [0.2, 0.25) is 0 Å². The second kappa shape index (κ2) is 7.64. The number of rotatable bonds is 6. The number of aryl methyl sites for hydroxylation is 1. The SMILES string of the molecule is CCc1ccsc1Cn1cncc1CCNC(=O)OC(C)(C)C. The quantitative estimate of drug-likeness (QED) is 0.877. The first kappa shape index (κ1) is 17.5. The highest BCUT2D eigenvalue weighted by Gasteiger charge is 2.15. The predicted molar refractivity (Wildman–Crippen MR) is 93.0 cm³/mol. The molecule has 0 unspecified atom stereocenters. The first-order valence-corrected chi connectivity index (χ1v) is 8.78. The summed E-state index contributed by atoms with van der Waals surface area (Å²) < 4.78 is 7.37. The number of nitrogens with zero attached hydrogens (tertiary/aromatic N) is 2. The average Bonchev–Trinajstić information content (AvgIpc) is 3.07. The van der Waals surface area contributed by atoms with Crippen molar-refractivity contribution in [2.75, 3.05) is 6.54 Å². The van der Waals surface area contributed by atoms with Gasteiger partial charge in [0.05, 0.1) is 12.9 Å². The van der Waals surface area contributed by atoms with Gasteiger partial charge in [0.15, 0.2) is 0 Å². The third kappa shape index (κ3) is 5.39. The minimum Gasteiger partial charge on any atom is -0.444 e. The van der Waals surface area contributed by atoms with Crippen LogP contribution in [0.1, 0.15) is 43.8 Å². The van der Waals surface area contributed by atoms with Gasteiger partial charge in [-0.1, -0.05) is 6.92 Å². The Bertz CT molecular complexity index is 640. The number of nitrogens with one attached hydrogen (secondary N) is 1. The zero-order valence-corrected chi connectivity index (χ0v) is 15.1. The first-order chi connectivity index (χ1) is 10.9. The molecule has 126 valence electrons. The second-order valence-corrected chi connectivity index (χ2v) is 7.41. The van der Waals surface area contributed by atoms with Gasteiger partial charge in [0, 0.05) is 29.7 Å². The van der Waals surface area contributed by atoms with E-state index in [0.29, 0.717) is 6.54 Å². The molecule has 1 amide bonds. The van der Waals surface area contributed by atoms with E-state index >= 15 is 0 Å². The number of hydrogen-bond acceptors (Lipinski definition) is 4. The molecule has 0 radical (unpaired) electrons. The molecular formula is C17H25N3O2S. The van der Waals surface area contributed by atoms with Crippen molar-refractivity contribution in [3.63, 3.8) is 0 Å². The molecule has 2 heterocycles. The van der Waals surface area contributed by atoms with Crippen LogP contribution in [0.5, 0.6) is 0 Å². The molecule has 0 spiro atoms. The van der Waals surface area contributed by atoms with E-state index in [1.165, 1.54) is 10.4 Å². The Kier molecular flexibility index (Phi) is 5.82. The summed E-state index contributed by atoms with van der Waals surface area (Å²) in [5.74, 6) is 0. The van der Waals surface area contributed by atoms with Crippen LogP contribution in [0.3, 0.4) is 0 Å². The van der Waals surface area contributed by atoms with Gasteiger partial charge in [-0.15, -0.1) is 11.3 Å². The molecular weight excluding hydrogens is 310 g/mol. The van der Waals surface area contributed by atoms with Gasteiger partial charge < -0.3 is 14.6 Å². The van der Waals surface area contributed by atoms with Crippen molar-refractivity contribution in [1.82, 2.24) is 14.9 Å². The summed E-state index contributed by atoms with van der Waals surface area (Å²) in [6.45, 7) is 9.11. The molecule has 0 atom stereocenters. The lowest BCUT2D eigenvalue weighted by molar-refractivity contribution is 0.0528. The minimum absolute atomic E-state index is 0.380. The van der Waals surface area contributed by atoms with Crippen molar-refractivity contribution < 1.29 is 9.53 Å². The molecule has 1 N–H and O–H groups in total. The number of aromatic nitrogens is 2. The number of carbonyl (C=O) groups excluding carboxylic acids is 1. The number of hydrogen-bond donors (Lipinski definition) is 1. The Morgan fingerprint density at radius 2 is 2.22 bits per heavy atom. The fourth-order valence-electron chi connectivity index (χ4n) is 2.28. The summed E-state index contributed by atoms with van der Waals surface area (Å²) in [5.41, 5.74) is 2.03. The van der Waals surface area contributed by atoms with Crippen molar-refractivity contribution in [1.29, 1.82) is 0 Å². The molecule has 0 fully saturated rings. The topological polar surface area (TPSA) is 56.2 Å². The molecule has 0 aliphatic rings. The highest BCUT2D eigenvalue weighted by molar-refractivity contribution is 7.10. The normalized spacial score (nSPS) is 11.5. The van der Waals surface area contributed by atoms with Crippen LogP contribution in [0.4, 0.5) is 4.79 Å². The van der Waals surface area contributed by atoms with Gasteiger partial charge in [0.1, 0.15) is 5.60 Å². The maximum atomic E-state index is 11.7. The minimum atomic E-state index is -0.471. The lowest BCUT2D eigenvalue weighted by atomic mass is 10.2. The van der Waals surface area contributed by atoms with Gasteiger partial charge in [0.25, 0.3) is 0 Å². The van der Waals surface area contributed by atoms with E-state index in [2.05, 4.69) is 33.2 Å². The van der Waals surface area contributed by atoms with Gasteiger partial charge in [-0.2, -0.15) is 0 Å². The van der Waals surface area contributed by atoms with Gasteiger partial charge in [-0.25, -0.2) is 9.78 Å². The van der Waals surface area contributed by atoms with E-state index in [4.69, 9.17) is 4.74 Å². The molecule has 0 bridgehead atoms. The highest BCUT2D eigenvalue weighted by atomic mass is 32.1. The summed E-state index contributed by atoms with van der Waals surface area (Å²) in [4.78, 5) is 17.3. The van der Waals surface area contributed by atoms with Crippen molar-refractivity contribution in [2.24, 2.45) is 0 Å². The molecule has 0 saturated heterocycles. The molecule has 5 nitrogen and oxygen atoms in total. The van der Waals surface area contributed by atoms with Gasteiger partial charge in [-0.3, -0.25) is 0 Å². The fourth-order valence-corrected chi connectivity index (χ4v) is 3.25. The van der Waals surface area contributed by atoms with E-state index in [1.807, 2.05) is 33.3 Å². The maximum Gasteiger partial charge on any atom is 0.407 e. The van der Waals surface area contributed by atoms with E-state index in [-0.39, 0.29) is 6.09 Å². The summed E-state index contributed by atoms with van der Waals surface area (Å²) in [5, 5.41) is 4.92. The lowest BCUT2D eigenvalue weighted by Gasteiger charge is -2.19. The molecule has 6 heteroatoms. The number of carbonyl (C=O) groups is 1. The Morgan fingerprint density at radius 3 is 2.91 bits per heavy atom. The third-order valence-corrected chi connectivity index (χ3v) is 4.33. The summed E-state index contributed by atoms with van der Waals surface area (Å²) in [6, 6.07) is 2.18. The van der Waals surface area contributed by atoms with Crippen LogP contribution < -0.4 is 5.32 Å². The number of imidazole rings is 1. The number of alkyl carbamates (subject to hydrolysis) is 1. The monoisotopic (exact) mass is 335 g/mol. The molecule has 0 aromatic carbocycles. The number of ether oxygens (including phenoxy) is 1. The van der Waals surface area contributed by atoms with Crippen molar-refractivity contribution in [3.05, 3.63) is 40.1 Å². The van der Waals surface area contributed by atoms with Crippen LogP contribution in [0.2, 0.25) is 0 Å². The van der Waals surface area contributed by atoms with E-state index in [1.54, 1.807) is 11.3 Å². The van der Waals surface area contributed by atoms with Crippen molar-refractivity contribution in [2.45, 2.75) is 52.7 Å².